The number of hydrogen-bond acceptors (Lipinski definition) is 4. The van der Waals surface area contributed by atoms with Crippen molar-refractivity contribution in [3.05, 3.63) is 59.4 Å². The first-order chi connectivity index (χ1) is 15.6. The zero-order chi connectivity index (χ0) is 22.0. The maximum absolute atomic E-state index is 13.7. The number of halogens is 2. The number of fused-ring (bicyclic) bond motifs is 1. The molecule has 8 heteroatoms. The van der Waals surface area contributed by atoms with E-state index in [1.165, 1.54) is 11.6 Å². The molecule has 0 amide bonds. The van der Waals surface area contributed by atoms with Crippen LogP contribution in [0.15, 0.2) is 47.5 Å². The summed E-state index contributed by atoms with van der Waals surface area (Å²) >= 11 is 0. The second kappa shape index (κ2) is 10.0. The summed E-state index contributed by atoms with van der Waals surface area (Å²) in [4.78, 5) is 4.44. The summed E-state index contributed by atoms with van der Waals surface area (Å²) in [5, 5.41) is 7.03. The van der Waals surface area contributed by atoms with Crippen molar-refractivity contribution in [2.45, 2.75) is 36.5 Å². The van der Waals surface area contributed by atoms with Crippen LogP contribution in [0.3, 0.4) is 0 Å². The van der Waals surface area contributed by atoms with Crippen LogP contribution >= 0.6 is 24.0 Å². The van der Waals surface area contributed by atoms with E-state index in [2.05, 4.69) is 27.8 Å². The van der Waals surface area contributed by atoms with Crippen LogP contribution in [-0.2, 0) is 15.6 Å². The predicted molar refractivity (Wildman–Crippen MR) is 136 cm³/mol. The molecule has 2 aromatic rings. The fourth-order valence-corrected chi connectivity index (χ4v) is 4.82. The lowest BCUT2D eigenvalue weighted by Crippen LogP contribution is -2.49. The molecule has 2 fully saturated rings. The van der Waals surface area contributed by atoms with Gasteiger partial charge in [-0.15, -0.1) is 24.0 Å². The molecule has 1 aliphatic carbocycles. The SMILES string of the molecule is CN=C(NCC1(c2ccc3c(c2)OCO3)CCOCC1)NCC1(c2cccc(F)c2)CC1.I. The van der Waals surface area contributed by atoms with Gasteiger partial charge in [0.15, 0.2) is 17.5 Å². The van der Waals surface area contributed by atoms with E-state index < -0.39 is 0 Å². The minimum absolute atomic E-state index is 0. The summed E-state index contributed by atoms with van der Waals surface area (Å²) in [6.45, 7) is 3.20. The fraction of sp³-hybridized carbons (Fsp3) is 0.480. The first-order valence-electron chi connectivity index (χ1n) is 11.3. The van der Waals surface area contributed by atoms with Gasteiger partial charge in [0.25, 0.3) is 0 Å². The van der Waals surface area contributed by atoms with Crippen molar-refractivity contribution in [1.82, 2.24) is 10.6 Å². The maximum atomic E-state index is 13.7. The van der Waals surface area contributed by atoms with Crippen LogP contribution < -0.4 is 20.1 Å². The monoisotopic (exact) mass is 567 g/mol. The lowest BCUT2D eigenvalue weighted by atomic mass is 9.74. The maximum Gasteiger partial charge on any atom is 0.231 e. The Hall–Kier alpha value is -2.07. The molecule has 6 nitrogen and oxygen atoms in total. The van der Waals surface area contributed by atoms with Gasteiger partial charge in [0, 0.05) is 44.2 Å². The Kier molecular flexibility index (Phi) is 7.33. The molecule has 5 rings (SSSR count). The average Bonchev–Trinajstić information content (AvgIpc) is 3.47. The van der Waals surface area contributed by atoms with Crippen molar-refractivity contribution in [3.63, 3.8) is 0 Å². The van der Waals surface area contributed by atoms with Crippen molar-refractivity contribution >= 4 is 29.9 Å². The Morgan fingerprint density at radius 2 is 1.58 bits per heavy atom. The highest BCUT2D eigenvalue weighted by Crippen LogP contribution is 2.47. The van der Waals surface area contributed by atoms with Gasteiger partial charge in [0.05, 0.1) is 0 Å². The summed E-state index contributed by atoms with van der Waals surface area (Å²) in [6.07, 6.45) is 3.95. The van der Waals surface area contributed by atoms with Crippen LogP contribution in [0.5, 0.6) is 11.5 Å². The number of aliphatic imine (C=N–C) groups is 1. The third-order valence-electron chi connectivity index (χ3n) is 7.14. The number of hydrogen-bond donors (Lipinski definition) is 2. The number of rotatable bonds is 6. The van der Waals surface area contributed by atoms with E-state index in [1.54, 1.807) is 19.2 Å². The molecule has 1 saturated heterocycles. The molecular formula is C25H31FIN3O3. The van der Waals surface area contributed by atoms with Crippen LogP contribution in [0.4, 0.5) is 4.39 Å². The van der Waals surface area contributed by atoms with Gasteiger partial charge in [-0.05, 0) is 61.1 Å². The van der Waals surface area contributed by atoms with Gasteiger partial charge >= 0.3 is 0 Å². The van der Waals surface area contributed by atoms with Gasteiger partial charge in [-0.2, -0.15) is 0 Å². The Labute approximate surface area is 211 Å². The van der Waals surface area contributed by atoms with E-state index in [0.29, 0.717) is 0 Å². The van der Waals surface area contributed by atoms with Crippen molar-refractivity contribution in [2.75, 3.05) is 40.1 Å². The van der Waals surface area contributed by atoms with Crippen LogP contribution in [0.2, 0.25) is 0 Å². The van der Waals surface area contributed by atoms with Crippen molar-refractivity contribution < 1.29 is 18.6 Å². The molecule has 33 heavy (non-hydrogen) atoms. The zero-order valence-electron chi connectivity index (χ0n) is 18.9. The Bertz CT molecular complexity index is 1010. The van der Waals surface area contributed by atoms with Crippen molar-refractivity contribution in [3.8, 4) is 11.5 Å². The van der Waals surface area contributed by atoms with E-state index in [9.17, 15) is 4.39 Å². The predicted octanol–water partition coefficient (Wildman–Crippen LogP) is 4.12. The molecule has 2 aromatic carbocycles. The standard InChI is InChI=1S/C25H30FN3O3.HI/c1-27-23(28-15-24(7-8-24)18-3-2-4-20(26)13-18)29-16-25(9-11-30-12-10-25)19-5-6-21-22(14-19)32-17-31-21;/h2-6,13-14H,7-12,15-17H2,1H3,(H2,27,28,29);1H. The second-order valence-electron chi connectivity index (χ2n) is 9.03. The van der Waals surface area contributed by atoms with Gasteiger partial charge in [0.2, 0.25) is 6.79 Å². The minimum atomic E-state index is -0.179. The van der Waals surface area contributed by atoms with Crippen LogP contribution in [0, 0.1) is 5.82 Å². The topological polar surface area (TPSA) is 64.1 Å². The Morgan fingerprint density at radius 1 is 0.909 bits per heavy atom. The van der Waals surface area contributed by atoms with Gasteiger partial charge in [-0.25, -0.2) is 4.39 Å². The third-order valence-corrected chi connectivity index (χ3v) is 7.14. The summed E-state index contributed by atoms with van der Waals surface area (Å²) in [5.41, 5.74) is 2.21. The molecule has 2 aliphatic heterocycles. The number of guanidine groups is 1. The largest absolute Gasteiger partial charge is 0.454 e. The minimum Gasteiger partial charge on any atom is -0.454 e. The van der Waals surface area contributed by atoms with Gasteiger partial charge in [-0.3, -0.25) is 4.99 Å². The van der Waals surface area contributed by atoms with Crippen LogP contribution in [0.1, 0.15) is 36.8 Å². The summed E-state index contributed by atoms with van der Waals surface area (Å²) in [7, 11) is 1.79. The molecule has 2 N–H and O–H groups in total. The number of benzene rings is 2. The van der Waals surface area contributed by atoms with Crippen molar-refractivity contribution in [1.29, 1.82) is 0 Å². The smallest absolute Gasteiger partial charge is 0.231 e. The molecular weight excluding hydrogens is 536 g/mol. The van der Waals surface area contributed by atoms with E-state index >= 15 is 0 Å². The number of nitrogens with one attached hydrogen (secondary N) is 2. The average molecular weight is 567 g/mol. The normalized spacial score (nSPS) is 20.0. The Morgan fingerprint density at radius 3 is 2.24 bits per heavy atom. The highest BCUT2D eigenvalue weighted by Gasteiger charge is 2.44. The number of nitrogens with zero attached hydrogens (tertiary/aromatic N) is 1. The van der Waals surface area contributed by atoms with Gasteiger partial charge < -0.3 is 24.8 Å². The van der Waals surface area contributed by atoms with Crippen LogP contribution in [-0.4, -0.2) is 46.1 Å². The molecule has 0 aromatic heterocycles. The van der Waals surface area contributed by atoms with E-state index in [1.807, 2.05) is 12.1 Å². The van der Waals surface area contributed by atoms with E-state index in [4.69, 9.17) is 14.2 Å². The summed E-state index contributed by atoms with van der Waals surface area (Å²) in [6, 6.07) is 13.2. The highest BCUT2D eigenvalue weighted by atomic mass is 127. The first-order valence-corrected chi connectivity index (χ1v) is 11.3. The molecule has 1 saturated carbocycles. The fourth-order valence-electron chi connectivity index (χ4n) is 4.82. The molecule has 3 aliphatic rings. The molecule has 0 unspecified atom stereocenters. The Balaban J connectivity index is 0.00000259. The second-order valence-corrected chi connectivity index (χ2v) is 9.03. The van der Waals surface area contributed by atoms with Crippen molar-refractivity contribution in [2.24, 2.45) is 4.99 Å². The quantitative estimate of drug-likeness (QED) is 0.313. The molecule has 0 bridgehead atoms. The lowest BCUT2D eigenvalue weighted by Gasteiger charge is -2.38. The lowest BCUT2D eigenvalue weighted by molar-refractivity contribution is 0.0513. The molecule has 0 atom stereocenters. The number of ether oxygens (including phenoxy) is 3. The molecule has 2 heterocycles. The summed E-state index contributed by atoms with van der Waals surface area (Å²) in [5.74, 6) is 2.19. The third kappa shape index (κ3) is 5.06. The molecule has 0 spiro atoms. The van der Waals surface area contributed by atoms with E-state index in [0.717, 1.165) is 75.0 Å². The molecule has 178 valence electrons. The van der Waals surface area contributed by atoms with Crippen LogP contribution in [0.25, 0.3) is 0 Å². The van der Waals surface area contributed by atoms with Gasteiger partial charge in [-0.1, -0.05) is 18.2 Å². The summed E-state index contributed by atoms with van der Waals surface area (Å²) < 4.78 is 30.5. The van der Waals surface area contributed by atoms with E-state index in [-0.39, 0.29) is 47.4 Å². The zero-order valence-corrected chi connectivity index (χ0v) is 21.2. The van der Waals surface area contributed by atoms with Gasteiger partial charge in [0.1, 0.15) is 5.82 Å². The highest BCUT2D eigenvalue weighted by molar-refractivity contribution is 14.0. The molecule has 0 radical (unpaired) electrons. The first kappa shape index (κ1) is 24.1.